The second-order valence-electron chi connectivity index (χ2n) is 3.31. The number of nitrogens with zero attached hydrogens (tertiary/aromatic N) is 1. The Labute approximate surface area is 112 Å². The van der Waals surface area contributed by atoms with Gasteiger partial charge in [-0.25, -0.2) is 0 Å². The quantitative estimate of drug-likeness (QED) is 0.391. The van der Waals surface area contributed by atoms with Crippen molar-refractivity contribution in [2.75, 3.05) is 47.6 Å². The van der Waals surface area contributed by atoms with Gasteiger partial charge in [-0.05, 0) is 0 Å². The number of hydrogen-bond donors (Lipinski definition) is 1. The zero-order chi connectivity index (χ0) is 14.9. The zero-order valence-electron chi connectivity index (χ0n) is 11.0. The van der Waals surface area contributed by atoms with Crippen LogP contribution in [0.1, 0.15) is 0 Å². The molecule has 9 nitrogen and oxygen atoms in total. The molecule has 1 N–H and O–H groups in total. The maximum atomic E-state index is 11.9. The summed E-state index contributed by atoms with van der Waals surface area (Å²) in [4.78, 5) is 22.3. The van der Waals surface area contributed by atoms with Crippen LogP contribution in [0.25, 0.3) is 0 Å². The van der Waals surface area contributed by atoms with E-state index in [0.29, 0.717) is 4.31 Å². The highest BCUT2D eigenvalue weighted by atomic mass is 32.2. The van der Waals surface area contributed by atoms with Crippen molar-refractivity contribution in [2.24, 2.45) is 0 Å². The number of hydrogen-bond acceptors (Lipinski definition) is 7. The number of carbonyl (C=O) groups is 2. The van der Waals surface area contributed by atoms with E-state index in [1.165, 1.54) is 7.11 Å². The Kier molecular flexibility index (Phi) is 8.23. The van der Waals surface area contributed by atoms with Crippen LogP contribution < -0.4 is 4.72 Å². The molecule has 0 rings (SSSR count). The summed E-state index contributed by atoms with van der Waals surface area (Å²) in [7, 11) is -0.362. The summed E-state index contributed by atoms with van der Waals surface area (Å²) >= 11 is 0. The van der Waals surface area contributed by atoms with Crippen LogP contribution in [0.15, 0.2) is 0 Å². The first-order valence-corrected chi connectivity index (χ1v) is 6.68. The first kappa shape index (κ1) is 17.8. The third kappa shape index (κ3) is 7.06. The summed E-state index contributed by atoms with van der Waals surface area (Å²) < 4.78 is 39.9. The molecule has 0 bridgehead atoms. The molecule has 0 saturated heterocycles. The van der Waals surface area contributed by atoms with Crippen LogP contribution in [-0.2, 0) is 34.0 Å². The van der Waals surface area contributed by atoms with E-state index in [2.05, 4.69) is 14.2 Å². The van der Waals surface area contributed by atoms with Crippen LogP contribution in [0.4, 0.5) is 0 Å². The minimum atomic E-state index is -4.00. The van der Waals surface area contributed by atoms with Gasteiger partial charge >= 0.3 is 11.9 Å². The summed E-state index contributed by atoms with van der Waals surface area (Å²) in [5.41, 5.74) is 0. The number of ether oxygens (including phenoxy) is 3. The second-order valence-corrected chi connectivity index (χ2v) is 5.07. The molecule has 19 heavy (non-hydrogen) atoms. The Hall–Kier alpha value is -1.23. The van der Waals surface area contributed by atoms with Gasteiger partial charge in [0.25, 0.3) is 10.2 Å². The molecule has 0 heterocycles. The molecule has 0 spiro atoms. The molecular weight excluding hydrogens is 280 g/mol. The third-order valence-electron chi connectivity index (χ3n) is 2.00. The van der Waals surface area contributed by atoms with E-state index < -0.39 is 35.2 Å². The van der Waals surface area contributed by atoms with Crippen molar-refractivity contribution in [1.29, 1.82) is 0 Å². The molecule has 0 aliphatic rings. The van der Waals surface area contributed by atoms with Crippen molar-refractivity contribution in [3.05, 3.63) is 0 Å². The van der Waals surface area contributed by atoms with E-state index in [1.54, 1.807) is 0 Å². The van der Waals surface area contributed by atoms with Crippen molar-refractivity contribution < 1.29 is 32.2 Å². The highest BCUT2D eigenvalue weighted by Gasteiger charge is 2.27. The van der Waals surface area contributed by atoms with Crippen LogP contribution >= 0.6 is 0 Å². The Morgan fingerprint density at radius 1 is 1.05 bits per heavy atom. The lowest BCUT2D eigenvalue weighted by atomic mass is 10.6. The second kappa shape index (κ2) is 8.80. The van der Waals surface area contributed by atoms with Crippen LogP contribution in [0.2, 0.25) is 0 Å². The van der Waals surface area contributed by atoms with Gasteiger partial charge in [0.15, 0.2) is 0 Å². The van der Waals surface area contributed by atoms with Crippen molar-refractivity contribution >= 4 is 22.1 Å². The SMILES string of the molecule is COCCNS(=O)(=O)N(CC(=O)OC)CC(=O)OC. The highest BCUT2D eigenvalue weighted by Crippen LogP contribution is 1.99. The Morgan fingerprint density at radius 3 is 1.89 bits per heavy atom. The predicted molar refractivity (Wildman–Crippen MR) is 64.4 cm³/mol. The molecule has 0 aliphatic carbocycles. The van der Waals surface area contributed by atoms with Gasteiger partial charge in [-0.3, -0.25) is 9.59 Å². The highest BCUT2D eigenvalue weighted by molar-refractivity contribution is 7.87. The molecule has 10 heteroatoms. The zero-order valence-corrected chi connectivity index (χ0v) is 11.9. The number of carbonyl (C=O) groups excluding carboxylic acids is 2. The molecule has 0 unspecified atom stereocenters. The third-order valence-corrected chi connectivity index (χ3v) is 3.50. The van der Waals surface area contributed by atoms with E-state index in [-0.39, 0.29) is 13.2 Å². The summed E-state index contributed by atoms with van der Waals surface area (Å²) in [6, 6.07) is 0. The summed E-state index contributed by atoms with van der Waals surface area (Å²) in [5, 5.41) is 0. The maximum absolute atomic E-state index is 11.9. The molecule has 112 valence electrons. The Morgan fingerprint density at radius 2 is 1.53 bits per heavy atom. The van der Waals surface area contributed by atoms with Crippen LogP contribution in [-0.4, -0.2) is 72.2 Å². The van der Waals surface area contributed by atoms with Crippen molar-refractivity contribution in [2.45, 2.75) is 0 Å². The van der Waals surface area contributed by atoms with Crippen molar-refractivity contribution in [3.8, 4) is 0 Å². The molecule has 0 aromatic heterocycles. The van der Waals surface area contributed by atoms with Gasteiger partial charge in [-0.2, -0.15) is 17.4 Å². The van der Waals surface area contributed by atoms with E-state index in [4.69, 9.17) is 4.74 Å². The molecule has 0 amide bonds. The summed E-state index contributed by atoms with van der Waals surface area (Å²) in [5.74, 6) is -1.58. The lowest BCUT2D eigenvalue weighted by molar-refractivity contribution is -0.143. The molecule has 0 saturated carbocycles. The fraction of sp³-hybridized carbons (Fsp3) is 0.778. The Balaban J connectivity index is 4.78. The summed E-state index contributed by atoms with van der Waals surface area (Å²) in [6.07, 6.45) is 0. The van der Waals surface area contributed by atoms with Crippen LogP contribution in [0.5, 0.6) is 0 Å². The van der Waals surface area contributed by atoms with Gasteiger partial charge in [-0.1, -0.05) is 0 Å². The van der Waals surface area contributed by atoms with E-state index in [1.807, 2.05) is 0 Å². The minimum Gasteiger partial charge on any atom is -0.468 e. The van der Waals surface area contributed by atoms with Gasteiger partial charge in [0.2, 0.25) is 0 Å². The van der Waals surface area contributed by atoms with E-state index in [0.717, 1.165) is 14.2 Å². The molecule has 0 atom stereocenters. The van der Waals surface area contributed by atoms with Gasteiger partial charge in [0.1, 0.15) is 13.1 Å². The summed E-state index contributed by atoms with van der Waals surface area (Å²) in [6.45, 7) is -1.01. The standard InChI is InChI=1S/C9H18N2O7S/c1-16-5-4-10-19(14,15)11(6-8(12)17-2)7-9(13)18-3/h10H,4-7H2,1-3H3. The topological polar surface area (TPSA) is 111 Å². The average molecular weight is 298 g/mol. The van der Waals surface area contributed by atoms with Crippen molar-refractivity contribution in [3.63, 3.8) is 0 Å². The molecule has 0 aromatic rings. The van der Waals surface area contributed by atoms with Crippen LogP contribution in [0.3, 0.4) is 0 Å². The Bertz CT molecular complexity index is 377. The first-order chi connectivity index (χ1) is 8.87. The maximum Gasteiger partial charge on any atom is 0.321 e. The monoisotopic (exact) mass is 298 g/mol. The van der Waals surface area contributed by atoms with Gasteiger partial charge in [-0.15, -0.1) is 0 Å². The number of methoxy groups -OCH3 is 3. The molecule has 0 fully saturated rings. The fourth-order valence-corrected chi connectivity index (χ4v) is 2.08. The molecular formula is C9H18N2O7S. The number of nitrogens with one attached hydrogen (secondary N) is 1. The average Bonchev–Trinajstić information content (AvgIpc) is 2.37. The molecule has 0 radical (unpaired) electrons. The molecule has 0 aromatic carbocycles. The normalized spacial score (nSPS) is 11.4. The molecule has 0 aliphatic heterocycles. The lowest BCUT2D eigenvalue weighted by Crippen LogP contribution is -2.46. The fourth-order valence-electron chi connectivity index (χ4n) is 1.01. The number of rotatable bonds is 9. The number of esters is 2. The van der Waals surface area contributed by atoms with E-state index in [9.17, 15) is 18.0 Å². The predicted octanol–water partition coefficient (Wildman–Crippen LogP) is -1.88. The smallest absolute Gasteiger partial charge is 0.321 e. The van der Waals surface area contributed by atoms with Gasteiger partial charge < -0.3 is 14.2 Å². The van der Waals surface area contributed by atoms with Crippen molar-refractivity contribution in [1.82, 2.24) is 9.03 Å². The van der Waals surface area contributed by atoms with E-state index >= 15 is 0 Å². The first-order valence-electron chi connectivity index (χ1n) is 5.24. The van der Waals surface area contributed by atoms with Gasteiger partial charge in [0, 0.05) is 13.7 Å². The largest absolute Gasteiger partial charge is 0.468 e. The lowest BCUT2D eigenvalue weighted by Gasteiger charge is -2.19. The van der Waals surface area contributed by atoms with Gasteiger partial charge in [0.05, 0.1) is 20.8 Å². The van der Waals surface area contributed by atoms with Crippen LogP contribution in [0, 0.1) is 0 Å². The minimum absolute atomic E-state index is 0.0116.